The summed E-state index contributed by atoms with van der Waals surface area (Å²) in [5.41, 5.74) is 0.471. The van der Waals surface area contributed by atoms with Gasteiger partial charge in [0.2, 0.25) is 0 Å². The molecule has 0 amide bonds. The molecular formula is C13H19FN2O2. The molecule has 1 saturated heterocycles. The topological polar surface area (TPSA) is 45.6 Å². The zero-order valence-electron chi connectivity index (χ0n) is 10.6. The molecule has 1 fully saturated rings. The van der Waals surface area contributed by atoms with Gasteiger partial charge in [-0.25, -0.2) is 4.39 Å². The van der Waals surface area contributed by atoms with Gasteiger partial charge in [0, 0.05) is 24.8 Å². The van der Waals surface area contributed by atoms with E-state index in [4.69, 9.17) is 4.74 Å². The van der Waals surface area contributed by atoms with Crippen LogP contribution < -0.4 is 0 Å². The summed E-state index contributed by atoms with van der Waals surface area (Å²) < 4.78 is 18.6. The van der Waals surface area contributed by atoms with E-state index in [1.54, 1.807) is 0 Å². The maximum Gasteiger partial charge on any atom is 0.141 e. The summed E-state index contributed by atoms with van der Waals surface area (Å²) in [6.07, 6.45) is 2.54. The molecule has 0 bridgehead atoms. The Labute approximate surface area is 106 Å². The summed E-state index contributed by atoms with van der Waals surface area (Å²) in [7, 11) is 0. The molecule has 2 rings (SSSR count). The second kappa shape index (κ2) is 6.22. The fourth-order valence-electron chi connectivity index (χ4n) is 2.25. The highest BCUT2D eigenvalue weighted by molar-refractivity contribution is 5.15. The van der Waals surface area contributed by atoms with Gasteiger partial charge in [0.1, 0.15) is 18.0 Å². The van der Waals surface area contributed by atoms with Crippen LogP contribution in [0.4, 0.5) is 4.39 Å². The third-order valence-electron chi connectivity index (χ3n) is 3.14. The average Bonchev–Trinajstić information content (AvgIpc) is 2.39. The van der Waals surface area contributed by atoms with Gasteiger partial charge in [-0.1, -0.05) is 6.92 Å². The second-order valence-corrected chi connectivity index (χ2v) is 4.59. The van der Waals surface area contributed by atoms with E-state index in [9.17, 15) is 9.50 Å². The van der Waals surface area contributed by atoms with Crippen LogP contribution in [-0.2, 0) is 4.74 Å². The van der Waals surface area contributed by atoms with E-state index in [1.807, 2.05) is 0 Å². The third-order valence-corrected chi connectivity index (χ3v) is 3.14. The molecule has 0 aliphatic carbocycles. The van der Waals surface area contributed by atoms with Crippen molar-refractivity contribution in [2.24, 2.45) is 0 Å². The van der Waals surface area contributed by atoms with Crippen molar-refractivity contribution in [1.82, 2.24) is 9.88 Å². The smallest absolute Gasteiger partial charge is 0.141 e. The lowest BCUT2D eigenvalue weighted by Gasteiger charge is -2.35. The number of aliphatic hydroxyl groups excluding tert-OH is 1. The van der Waals surface area contributed by atoms with Crippen LogP contribution in [0.15, 0.2) is 18.5 Å². The van der Waals surface area contributed by atoms with Gasteiger partial charge >= 0.3 is 0 Å². The number of hydrogen-bond donors (Lipinski definition) is 1. The second-order valence-electron chi connectivity index (χ2n) is 4.59. The molecule has 1 aliphatic heterocycles. The Balaban J connectivity index is 2.02. The first kappa shape index (κ1) is 13.4. The summed E-state index contributed by atoms with van der Waals surface area (Å²) >= 11 is 0. The standard InChI is InChI=1S/C13H19FN2O2/c1-2-3-16-4-5-18-12(9-16)13(17)10-6-11(14)8-15-7-10/h6-8,12-13,17H,2-5,9H2,1H3. The highest BCUT2D eigenvalue weighted by atomic mass is 19.1. The SMILES string of the molecule is CCCN1CCOC(C(O)c2cncc(F)c2)C1. The van der Waals surface area contributed by atoms with Crippen LogP contribution in [0.5, 0.6) is 0 Å². The van der Waals surface area contributed by atoms with Crippen molar-refractivity contribution in [3.8, 4) is 0 Å². The molecule has 0 spiro atoms. The minimum Gasteiger partial charge on any atom is -0.386 e. The van der Waals surface area contributed by atoms with Crippen LogP contribution >= 0.6 is 0 Å². The van der Waals surface area contributed by atoms with Gasteiger partial charge in [0.15, 0.2) is 0 Å². The van der Waals surface area contributed by atoms with E-state index in [0.717, 1.165) is 25.7 Å². The minimum atomic E-state index is -0.826. The van der Waals surface area contributed by atoms with Crippen molar-refractivity contribution in [2.75, 3.05) is 26.2 Å². The number of rotatable bonds is 4. The lowest BCUT2D eigenvalue weighted by Crippen LogP contribution is -2.45. The van der Waals surface area contributed by atoms with E-state index in [0.29, 0.717) is 18.7 Å². The molecule has 0 aromatic carbocycles. The Morgan fingerprint density at radius 1 is 1.61 bits per heavy atom. The van der Waals surface area contributed by atoms with Gasteiger partial charge in [0.25, 0.3) is 0 Å². The predicted octanol–water partition coefficient (Wildman–Crippen LogP) is 1.36. The zero-order chi connectivity index (χ0) is 13.0. The molecule has 1 aromatic heterocycles. The minimum absolute atomic E-state index is 0.311. The molecule has 2 unspecified atom stereocenters. The molecular weight excluding hydrogens is 235 g/mol. The number of nitrogens with zero attached hydrogens (tertiary/aromatic N) is 2. The number of aromatic nitrogens is 1. The van der Waals surface area contributed by atoms with Crippen LogP contribution in [0.3, 0.4) is 0 Å². The highest BCUT2D eigenvalue weighted by Crippen LogP contribution is 2.22. The Kier molecular flexibility index (Phi) is 4.63. The first-order valence-corrected chi connectivity index (χ1v) is 6.33. The van der Waals surface area contributed by atoms with Gasteiger partial charge in [-0.3, -0.25) is 9.88 Å². The fourth-order valence-corrected chi connectivity index (χ4v) is 2.25. The van der Waals surface area contributed by atoms with Crippen molar-refractivity contribution < 1.29 is 14.2 Å². The van der Waals surface area contributed by atoms with Crippen LogP contribution in [0.25, 0.3) is 0 Å². The molecule has 18 heavy (non-hydrogen) atoms. The summed E-state index contributed by atoms with van der Waals surface area (Å²) in [5, 5.41) is 10.2. The first-order chi connectivity index (χ1) is 8.70. The molecule has 5 heteroatoms. The Morgan fingerprint density at radius 2 is 2.44 bits per heavy atom. The van der Waals surface area contributed by atoms with Gasteiger partial charge in [0.05, 0.1) is 12.8 Å². The first-order valence-electron chi connectivity index (χ1n) is 6.33. The number of aliphatic hydroxyl groups is 1. The predicted molar refractivity (Wildman–Crippen MR) is 65.6 cm³/mol. The lowest BCUT2D eigenvalue weighted by atomic mass is 10.0. The molecule has 2 heterocycles. The van der Waals surface area contributed by atoms with E-state index in [-0.39, 0.29) is 6.10 Å². The number of hydrogen-bond acceptors (Lipinski definition) is 4. The third kappa shape index (κ3) is 3.25. The lowest BCUT2D eigenvalue weighted by molar-refractivity contribution is -0.0900. The van der Waals surface area contributed by atoms with Crippen LogP contribution in [0.2, 0.25) is 0 Å². The summed E-state index contributed by atoms with van der Waals surface area (Å²) in [5.74, 6) is -0.437. The molecule has 1 aromatic rings. The van der Waals surface area contributed by atoms with Crippen molar-refractivity contribution in [3.05, 3.63) is 29.8 Å². The number of morpholine rings is 1. The number of ether oxygens (including phenoxy) is 1. The summed E-state index contributed by atoms with van der Waals surface area (Å²) in [4.78, 5) is 6.01. The largest absolute Gasteiger partial charge is 0.386 e. The molecule has 0 radical (unpaired) electrons. The molecule has 4 nitrogen and oxygen atoms in total. The zero-order valence-corrected chi connectivity index (χ0v) is 10.6. The molecule has 1 N–H and O–H groups in total. The van der Waals surface area contributed by atoms with Gasteiger partial charge < -0.3 is 9.84 Å². The molecule has 1 aliphatic rings. The van der Waals surface area contributed by atoms with Crippen molar-refractivity contribution in [3.63, 3.8) is 0 Å². The molecule has 100 valence electrons. The van der Waals surface area contributed by atoms with E-state index >= 15 is 0 Å². The van der Waals surface area contributed by atoms with E-state index in [1.165, 1.54) is 12.3 Å². The van der Waals surface area contributed by atoms with Gasteiger partial charge in [-0.2, -0.15) is 0 Å². The molecule has 2 atom stereocenters. The summed E-state index contributed by atoms with van der Waals surface area (Å²) in [6.45, 7) is 5.28. The fraction of sp³-hybridized carbons (Fsp3) is 0.615. The highest BCUT2D eigenvalue weighted by Gasteiger charge is 2.27. The quantitative estimate of drug-likeness (QED) is 0.881. The van der Waals surface area contributed by atoms with Crippen molar-refractivity contribution in [1.29, 1.82) is 0 Å². The van der Waals surface area contributed by atoms with Crippen molar-refractivity contribution in [2.45, 2.75) is 25.6 Å². The average molecular weight is 254 g/mol. The number of pyridine rings is 1. The Bertz CT molecular complexity index is 387. The Morgan fingerprint density at radius 3 is 3.17 bits per heavy atom. The van der Waals surface area contributed by atoms with Crippen molar-refractivity contribution >= 4 is 0 Å². The maximum atomic E-state index is 13.1. The summed E-state index contributed by atoms with van der Waals surface area (Å²) in [6, 6.07) is 1.31. The molecule has 0 saturated carbocycles. The van der Waals surface area contributed by atoms with Gasteiger partial charge in [-0.15, -0.1) is 0 Å². The normalized spacial score (nSPS) is 22.9. The van der Waals surface area contributed by atoms with E-state index in [2.05, 4.69) is 16.8 Å². The number of halogens is 1. The van der Waals surface area contributed by atoms with Crippen LogP contribution in [0, 0.1) is 5.82 Å². The van der Waals surface area contributed by atoms with Crippen LogP contribution in [0.1, 0.15) is 25.0 Å². The Hall–Kier alpha value is -1.04. The van der Waals surface area contributed by atoms with Crippen LogP contribution in [-0.4, -0.2) is 47.3 Å². The monoisotopic (exact) mass is 254 g/mol. The maximum absolute atomic E-state index is 13.1. The van der Waals surface area contributed by atoms with E-state index < -0.39 is 11.9 Å². The van der Waals surface area contributed by atoms with Gasteiger partial charge in [-0.05, 0) is 19.0 Å².